The summed E-state index contributed by atoms with van der Waals surface area (Å²) in [6.45, 7) is 25.5. The Morgan fingerprint density at radius 2 is 0.544 bits per heavy atom. The van der Waals surface area contributed by atoms with E-state index in [4.69, 9.17) is 9.47 Å². The lowest BCUT2D eigenvalue weighted by Crippen LogP contribution is -2.42. The number of rotatable bonds is 44. The van der Waals surface area contributed by atoms with E-state index in [1.807, 2.05) is 12.2 Å². The van der Waals surface area contributed by atoms with Gasteiger partial charge in [0.15, 0.2) is 0 Å². The van der Waals surface area contributed by atoms with Crippen LogP contribution in [-0.2, 0) is 28.7 Å². The lowest BCUT2D eigenvalue weighted by atomic mass is 10.0. The summed E-state index contributed by atoms with van der Waals surface area (Å²) in [4.78, 5) is 42.7. The van der Waals surface area contributed by atoms with Gasteiger partial charge in [-0.3, -0.25) is 9.59 Å². The topological polar surface area (TPSA) is 133 Å². The molecule has 10 nitrogen and oxygen atoms in total. The number of hydrogen-bond acceptors (Lipinski definition) is 8. The maximum Gasteiger partial charge on any atom is 0.310 e. The van der Waals surface area contributed by atoms with Crippen LogP contribution in [0.25, 0.3) is 0 Å². The van der Waals surface area contributed by atoms with Crippen LogP contribution in [0.4, 0.5) is 0 Å². The predicted molar refractivity (Wildman–Crippen MR) is 284 cm³/mol. The number of carboxylic acid groups (broad SMARTS) is 2. The number of hydrogen-bond donors (Lipinski definition) is 0. The molecule has 0 aliphatic rings. The number of unbranched alkanes of at least 4 members (excludes halogenated alkanes) is 28. The fourth-order valence-electron chi connectivity index (χ4n) is 7.17. The number of carbonyl (C=O) groups is 4. The van der Waals surface area contributed by atoms with E-state index < -0.39 is 23.9 Å². The lowest BCUT2D eigenvalue weighted by molar-refractivity contribution is -0.904. The average Bonchev–Trinajstić information content (AvgIpc) is 3.34. The van der Waals surface area contributed by atoms with Crippen LogP contribution < -0.4 is 10.2 Å². The zero-order valence-electron chi connectivity index (χ0n) is 46.8. The molecule has 0 aromatic rings. The molecule has 0 heterocycles. The minimum atomic E-state index is -1.23. The summed E-state index contributed by atoms with van der Waals surface area (Å²) in [5, 5.41) is 20.4. The Balaban J connectivity index is -0.000000456. The monoisotopic (exact) mass is 967 g/mol. The molecular weight excluding hydrogens is 853 g/mol. The minimum absolute atomic E-state index is 0.133. The van der Waals surface area contributed by atoms with Crippen LogP contribution in [0, 0.1) is 0 Å². The number of carboxylic acids is 2. The van der Waals surface area contributed by atoms with Crippen molar-refractivity contribution < 1.29 is 47.8 Å². The van der Waals surface area contributed by atoms with Gasteiger partial charge in [-0.25, -0.2) is 0 Å². The molecule has 0 unspecified atom stereocenters. The summed E-state index contributed by atoms with van der Waals surface area (Å²) in [6, 6.07) is 0. The van der Waals surface area contributed by atoms with E-state index in [-0.39, 0.29) is 25.7 Å². The van der Waals surface area contributed by atoms with Gasteiger partial charge in [-0.15, -0.1) is 0 Å². The van der Waals surface area contributed by atoms with Crippen LogP contribution in [0.1, 0.15) is 274 Å². The van der Waals surface area contributed by atoms with Crippen molar-refractivity contribution >= 4 is 23.9 Å². The number of quaternary nitrogens is 2. The van der Waals surface area contributed by atoms with Gasteiger partial charge in [-0.1, -0.05) is 181 Å². The smallest absolute Gasteiger partial charge is 0.310 e. The Morgan fingerprint density at radius 3 is 0.721 bits per heavy atom. The van der Waals surface area contributed by atoms with E-state index in [1.165, 1.54) is 228 Å². The molecule has 68 heavy (non-hydrogen) atoms. The molecule has 10 heteroatoms. The second-order valence-electron chi connectivity index (χ2n) is 19.4. The number of nitrogens with zero attached hydrogens (tertiary/aromatic N) is 2. The van der Waals surface area contributed by atoms with Crippen molar-refractivity contribution in [1.29, 1.82) is 0 Å². The van der Waals surface area contributed by atoms with Gasteiger partial charge < -0.3 is 38.2 Å². The van der Waals surface area contributed by atoms with Crippen LogP contribution in [-0.4, -0.2) is 86.2 Å². The summed E-state index contributed by atoms with van der Waals surface area (Å²) < 4.78 is 12.0. The number of carbonyl (C=O) groups excluding carboxylic acids is 4. The summed E-state index contributed by atoms with van der Waals surface area (Å²) in [5.41, 5.74) is 0. The third-order valence-electron chi connectivity index (χ3n) is 13.7. The van der Waals surface area contributed by atoms with Gasteiger partial charge in [0.05, 0.1) is 78.7 Å². The van der Waals surface area contributed by atoms with Crippen molar-refractivity contribution in [2.45, 2.75) is 274 Å². The maximum absolute atomic E-state index is 11.1. The van der Waals surface area contributed by atoms with Crippen molar-refractivity contribution in [1.82, 2.24) is 0 Å². The molecule has 0 aromatic heterocycles. The fourth-order valence-corrected chi connectivity index (χ4v) is 7.17. The standard InChI is InChI=1S/2C22H40O4.2C7H18N/c2*1-2-3-4-5-6-7-8-9-10-11-12-13-14-15-16-17-20-26-22(25)19-18-21(23)24;2*1-5-8(4,6-2)7-3/h2*17,20H,2-16,18-19H2,1H3,(H,23,24);2*5-7H2,1-4H3/q;;2*+1/p-2. The Bertz CT molecular complexity index is 1040. The number of aliphatic carboxylic acids is 2. The van der Waals surface area contributed by atoms with Crippen molar-refractivity contribution in [3.8, 4) is 0 Å². The highest BCUT2D eigenvalue weighted by molar-refractivity contribution is 5.76. The average molecular weight is 968 g/mol. The molecule has 0 saturated heterocycles. The Labute approximate surface area is 422 Å². The first-order valence-electron chi connectivity index (χ1n) is 28.5. The molecule has 0 aliphatic carbocycles. The van der Waals surface area contributed by atoms with E-state index in [0.717, 1.165) is 25.7 Å². The third-order valence-corrected chi connectivity index (χ3v) is 13.7. The van der Waals surface area contributed by atoms with Crippen LogP contribution in [0.5, 0.6) is 0 Å². The van der Waals surface area contributed by atoms with Gasteiger partial charge in [0.2, 0.25) is 0 Å². The summed E-state index contributed by atoms with van der Waals surface area (Å²) >= 11 is 0. The van der Waals surface area contributed by atoms with Crippen LogP contribution in [0.2, 0.25) is 0 Å². The number of esters is 2. The Hall–Kier alpha value is -2.72. The van der Waals surface area contributed by atoms with Crippen LogP contribution in [0.3, 0.4) is 0 Å². The van der Waals surface area contributed by atoms with Gasteiger partial charge in [0.1, 0.15) is 0 Å². The van der Waals surface area contributed by atoms with Crippen molar-refractivity contribution in [2.75, 3.05) is 53.4 Å². The molecule has 0 aliphatic heterocycles. The molecule has 0 rings (SSSR count). The first-order valence-corrected chi connectivity index (χ1v) is 28.5. The Morgan fingerprint density at radius 1 is 0.338 bits per heavy atom. The molecule has 404 valence electrons. The summed E-state index contributed by atoms with van der Waals surface area (Å²) in [7, 11) is 4.58. The maximum atomic E-state index is 11.1. The van der Waals surface area contributed by atoms with Gasteiger partial charge in [-0.05, 0) is 92.2 Å². The second kappa shape index (κ2) is 56.9. The normalized spacial score (nSPS) is 11.3. The molecule has 0 spiro atoms. The van der Waals surface area contributed by atoms with Gasteiger partial charge in [0.25, 0.3) is 0 Å². The predicted octanol–water partition coefficient (Wildman–Crippen LogP) is 13.9. The van der Waals surface area contributed by atoms with E-state index in [1.54, 1.807) is 0 Å². The lowest BCUT2D eigenvalue weighted by Gasteiger charge is -2.30. The van der Waals surface area contributed by atoms with E-state index in [2.05, 4.69) is 69.5 Å². The number of ether oxygens (including phenoxy) is 2. The van der Waals surface area contributed by atoms with E-state index in [0.29, 0.717) is 0 Å². The van der Waals surface area contributed by atoms with Gasteiger partial charge in [0, 0.05) is 11.9 Å². The zero-order chi connectivity index (χ0) is 51.8. The number of allylic oxidation sites excluding steroid dienone is 2. The molecule has 0 amide bonds. The fraction of sp³-hybridized carbons (Fsp3) is 0.862. The quantitative estimate of drug-likeness (QED) is 0.0255. The molecular formula is C58H114N2O8. The second-order valence-corrected chi connectivity index (χ2v) is 19.4. The Kier molecular flexibility index (Phi) is 60.1. The molecule has 0 N–H and O–H groups in total. The van der Waals surface area contributed by atoms with E-state index in [9.17, 15) is 29.4 Å². The molecule has 0 atom stereocenters. The van der Waals surface area contributed by atoms with Crippen molar-refractivity contribution in [2.24, 2.45) is 0 Å². The molecule has 0 fully saturated rings. The first kappa shape index (κ1) is 71.8. The van der Waals surface area contributed by atoms with Crippen LogP contribution >= 0.6 is 0 Å². The molecule has 0 bridgehead atoms. The zero-order valence-corrected chi connectivity index (χ0v) is 46.8. The molecule has 0 radical (unpaired) electrons. The SMILES string of the molecule is CCCCCCCCCCCCCCCCC=COC(=O)CCC(=O)[O-].CCCCCCCCCCCCCCCCC=COC(=O)CCC(=O)[O-].CC[N+](C)(CC)CC.CC[N+](C)(CC)CC. The van der Waals surface area contributed by atoms with Crippen molar-refractivity contribution in [3.05, 3.63) is 24.7 Å². The van der Waals surface area contributed by atoms with Gasteiger partial charge >= 0.3 is 11.9 Å². The minimum Gasteiger partial charge on any atom is -0.550 e. The summed E-state index contributed by atoms with van der Waals surface area (Å²) in [5.74, 6) is -3.50. The highest BCUT2D eigenvalue weighted by Crippen LogP contribution is 2.15. The summed E-state index contributed by atoms with van der Waals surface area (Å²) in [6.07, 6.45) is 45.0. The molecule has 0 saturated carbocycles. The van der Waals surface area contributed by atoms with Crippen LogP contribution in [0.15, 0.2) is 24.7 Å². The van der Waals surface area contributed by atoms with E-state index >= 15 is 0 Å². The third kappa shape index (κ3) is 61.3. The van der Waals surface area contributed by atoms with Gasteiger partial charge in [-0.2, -0.15) is 0 Å². The largest absolute Gasteiger partial charge is 0.550 e. The first-order chi connectivity index (χ1) is 32.7. The highest BCUT2D eigenvalue weighted by atomic mass is 16.5. The highest BCUT2D eigenvalue weighted by Gasteiger charge is 2.12. The molecule has 0 aromatic carbocycles. The van der Waals surface area contributed by atoms with Crippen molar-refractivity contribution in [3.63, 3.8) is 0 Å².